The Balaban J connectivity index is 2.92. The maximum absolute atomic E-state index is 10.4. The molecule has 0 heterocycles. The predicted molar refractivity (Wildman–Crippen MR) is 58.3 cm³/mol. The zero-order chi connectivity index (χ0) is 11.4. The lowest BCUT2D eigenvalue weighted by atomic mass is 10.1. The number of aryl methyl sites for hydroxylation is 1. The van der Waals surface area contributed by atoms with Gasteiger partial charge in [-0.1, -0.05) is 15.9 Å². The molecule has 1 rings (SSSR count). The SMILES string of the molecule is COc1cc(CCC(=O)O)c(Br)cc1O. The Labute approximate surface area is 95.6 Å². The number of phenols is 1. The summed E-state index contributed by atoms with van der Waals surface area (Å²) in [5, 5.41) is 18.0. The Kier molecular flexibility index (Phi) is 3.96. The summed E-state index contributed by atoms with van der Waals surface area (Å²) < 4.78 is 5.61. The van der Waals surface area contributed by atoms with Crippen molar-refractivity contribution in [3.05, 3.63) is 22.2 Å². The smallest absolute Gasteiger partial charge is 0.303 e. The number of rotatable bonds is 4. The van der Waals surface area contributed by atoms with Crippen LogP contribution in [0.4, 0.5) is 0 Å². The van der Waals surface area contributed by atoms with E-state index < -0.39 is 5.97 Å². The van der Waals surface area contributed by atoms with E-state index in [1.165, 1.54) is 13.2 Å². The highest BCUT2D eigenvalue weighted by Crippen LogP contribution is 2.32. The minimum Gasteiger partial charge on any atom is -0.504 e. The standard InChI is InChI=1S/C10H11BrO4/c1-15-9-4-6(2-3-10(13)14)7(11)5-8(9)12/h4-5,12H,2-3H2,1H3,(H,13,14). The number of phenolic OH excluding ortho intramolecular Hbond substituents is 1. The second-order valence-electron chi connectivity index (χ2n) is 3.01. The highest BCUT2D eigenvalue weighted by atomic mass is 79.9. The third-order valence-electron chi connectivity index (χ3n) is 1.96. The van der Waals surface area contributed by atoms with Gasteiger partial charge in [-0.2, -0.15) is 0 Å². The Morgan fingerprint density at radius 3 is 2.73 bits per heavy atom. The van der Waals surface area contributed by atoms with Crippen molar-refractivity contribution in [3.8, 4) is 11.5 Å². The van der Waals surface area contributed by atoms with Gasteiger partial charge in [-0.05, 0) is 24.1 Å². The van der Waals surface area contributed by atoms with Gasteiger partial charge in [0, 0.05) is 10.9 Å². The topological polar surface area (TPSA) is 66.8 Å². The molecule has 0 bridgehead atoms. The Hall–Kier alpha value is -1.23. The minimum absolute atomic E-state index is 0.0310. The van der Waals surface area contributed by atoms with E-state index in [9.17, 15) is 9.90 Å². The van der Waals surface area contributed by atoms with Gasteiger partial charge in [0.2, 0.25) is 0 Å². The van der Waals surface area contributed by atoms with Gasteiger partial charge >= 0.3 is 5.97 Å². The maximum Gasteiger partial charge on any atom is 0.303 e. The van der Waals surface area contributed by atoms with Crippen molar-refractivity contribution in [1.82, 2.24) is 0 Å². The second kappa shape index (κ2) is 5.02. The number of aliphatic carboxylic acids is 1. The van der Waals surface area contributed by atoms with Crippen molar-refractivity contribution >= 4 is 21.9 Å². The summed E-state index contributed by atoms with van der Waals surface area (Å²) >= 11 is 3.25. The Bertz CT molecular complexity index is 376. The van der Waals surface area contributed by atoms with Crippen molar-refractivity contribution in [3.63, 3.8) is 0 Å². The summed E-state index contributed by atoms with van der Waals surface area (Å²) in [6.07, 6.45) is 0.444. The lowest BCUT2D eigenvalue weighted by molar-refractivity contribution is -0.136. The lowest BCUT2D eigenvalue weighted by Gasteiger charge is -2.08. The van der Waals surface area contributed by atoms with E-state index in [1.54, 1.807) is 6.07 Å². The van der Waals surface area contributed by atoms with E-state index in [2.05, 4.69) is 15.9 Å². The average molecular weight is 275 g/mol. The van der Waals surface area contributed by atoms with Crippen LogP contribution in [0.2, 0.25) is 0 Å². The Morgan fingerprint density at radius 2 is 2.20 bits per heavy atom. The highest BCUT2D eigenvalue weighted by molar-refractivity contribution is 9.10. The fourth-order valence-corrected chi connectivity index (χ4v) is 1.71. The first-order chi connectivity index (χ1) is 7.04. The minimum atomic E-state index is -0.853. The maximum atomic E-state index is 10.4. The molecule has 0 atom stereocenters. The van der Waals surface area contributed by atoms with Crippen molar-refractivity contribution in [2.45, 2.75) is 12.8 Å². The number of hydrogen-bond donors (Lipinski definition) is 2. The third-order valence-corrected chi connectivity index (χ3v) is 2.69. The zero-order valence-electron chi connectivity index (χ0n) is 8.16. The van der Waals surface area contributed by atoms with E-state index in [0.717, 1.165) is 5.56 Å². The summed E-state index contributed by atoms with van der Waals surface area (Å²) in [6.45, 7) is 0. The molecule has 0 saturated carbocycles. The summed E-state index contributed by atoms with van der Waals surface area (Å²) in [7, 11) is 1.45. The first kappa shape index (κ1) is 11.8. The number of ether oxygens (including phenoxy) is 1. The summed E-state index contributed by atoms with van der Waals surface area (Å²) in [5.41, 5.74) is 0.798. The molecule has 1 aromatic rings. The van der Waals surface area contributed by atoms with Gasteiger partial charge in [-0.25, -0.2) is 0 Å². The van der Waals surface area contributed by atoms with Crippen LogP contribution in [0.5, 0.6) is 11.5 Å². The number of benzene rings is 1. The third kappa shape index (κ3) is 3.13. The average Bonchev–Trinajstić information content (AvgIpc) is 2.16. The van der Waals surface area contributed by atoms with Crippen molar-refractivity contribution in [2.24, 2.45) is 0 Å². The van der Waals surface area contributed by atoms with E-state index in [1.807, 2.05) is 0 Å². The molecule has 4 nitrogen and oxygen atoms in total. The monoisotopic (exact) mass is 274 g/mol. The van der Waals surface area contributed by atoms with E-state index in [0.29, 0.717) is 16.6 Å². The zero-order valence-corrected chi connectivity index (χ0v) is 9.74. The normalized spacial score (nSPS) is 10.0. The number of carboxylic acids is 1. The molecule has 0 amide bonds. The molecule has 82 valence electrons. The number of carboxylic acid groups (broad SMARTS) is 1. The highest BCUT2D eigenvalue weighted by Gasteiger charge is 2.09. The fraction of sp³-hybridized carbons (Fsp3) is 0.300. The van der Waals surface area contributed by atoms with E-state index in [-0.39, 0.29) is 12.2 Å². The molecular formula is C10H11BrO4. The summed E-state index contributed by atoms with van der Waals surface area (Å²) in [4.78, 5) is 10.4. The molecule has 0 unspecified atom stereocenters. The molecule has 2 N–H and O–H groups in total. The van der Waals surface area contributed by atoms with Crippen LogP contribution in [0.25, 0.3) is 0 Å². The van der Waals surface area contributed by atoms with Gasteiger partial charge in [0.15, 0.2) is 11.5 Å². The van der Waals surface area contributed by atoms with Crippen LogP contribution in [0.15, 0.2) is 16.6 Å². The number of methoxy groups -OCH3 is 1. The summed E-state index contributed by atoms with van der Waals surface area (Å²) in [6, 6.07) is 3.12. The molecule has 0 aliphatic carbocycles. The molecule has 0 radical (unpaired) electrons. The van der Waals surface area contributed by atoms with Crippen molar-refractivity contribution < 1.29 is 19.7 Å². The van der Waals surface area contributed by atoms with E-state index >= 15 is 0 Å². The van der Waals surface area contributed by atoms with Crippen LogP contribution in [0.1, 0.15) is 12.0 Å². The van der Waals surface area contributed by atoms with Gasteiger partial charge in [0.25, 0.3) is 0 Å². The number of hydrogen-bond acceptors (Lipinski definition) is 3. The van der Waals surface area contributed by atoms with Crippen LogP contribution in [0.3, 0.4) is 0 Å². The van der Waals surface area contributed by atoms with Gasteiger partial charge < -0.3 is 14.9 Å². The second-order valence-corrected chi connectivity index (χ2v) is 3.86. The van der Waals surface area contributed by atoms with Crippen LogP contribution < -0.4 is 4.74 Å². The number of aromatic hydroxyl groups is 1. The first-order valence-electron chi connectivity index (χ1n) is 4.31. The lowest BCUT2D eigenvalue weighted by Crippen LogP contribution is -1.98. The van der Waals surface area contributed by atoms with Gasteiger partial charge in [-0.15, -0.1) is 0 Å². The molecule has 1 aromatic carbocycles. The Morgan fingerprint density at radius 1 is 1.53 bits per heavy atom. The van der Waals surface area contributed by atoms with Gasteiger partial charge in [-0.3, -0.25) is 4.79 Å². The van der Waals surface area contributed by atoms with Crippen LogP contribution in [0, 0.1) is 0 Å². The number of carbonyl (C=O) groups is 1. The molecule has 0 spiro atoms. The van der Waals surface area contributed by atoms with Crippen molar-refractivity contribution in [2.75, 3.05) is 7.11 Å². The molecular weight excluding hydrogens is 264 g/mol. The van der Waals surface area contributed by atoms with Gasteiger partial charge in [0.05, 0.1) is 7.11 Å². The molecule has 0 aromatic heterocycles. The fourth-order valence-electron chi connectivity index (χ4n) is 1.18. The predicted octanol–water partition coefficient (Wildman–Crippen LogP) is 2.18. The molecule has 15 heavy (non-hydrogen) atoms. The van der Waals surface area contributed by atoms with Gasteiger partial charge in [0.1, 0.15) is 0 Å². The summed E-state index contributed by atoms with van der Waals surface area (Å²) in [5.74, 6) is -0.476. The van der Waals surface area contributed by atoms with Crippen LogP contribution in [-0.4, -0.2) is 23.3 Å². The van der Waals surface area contributed by atoms with Crippen LogP contribution in [-0.2, 0) is 11.2 Å². The van der Waals surface area contributed by atoms with E-state index in [4.69, 9.17) is 9.84 Å². The molecule has 5 heteroatoms. The molecule has 0 fully saturated rings. The molecule has 0 saturated heterocycles. The molecule has 0 aliphatic heterocycles. The number of halogens is 1. The largest absolute Gasteiger partial charge is 0.504 e. The quantitative estimate of drug-likeness (QED) is 0.883. The van der Waals surface area contributed by atoms with Crippen molar-refractivity contribution in [1.29, 1.82) is 0 Å². The first-order valence-corrected chi connectivity index (χ1v) is 5.11. The molecule has 0 aliphatic rings. The van der Waals surface area contributed by atoms with Crippen LogP contribution >= 0.6 is 15.9 Å².